The Morgan fingerprint density at radius 3 is 1.39 bits per heavy atom. The van der Waals surface area contributed by atoms with Crippen molar-refractivity contribution in [3.63, 3.8) is 0 Å². The molecule has 11 aromatic rings. The highest BCUT2D eigenvalue weighted by Crippen LogP contribution is 2.41. The van der Waals surface area contributed by atoms with E-state index in [9.17, 15) is 0 Å². The summed E-state index contributed by atoms with van der Waals surface area (Å²) in [5, 5.41) is 4.25. The second-order valence-electron chi connectivity index (χ2n) is 14.8. The van der Waals surface area contributed by atoms with Crippen LogP contribution < -0.4 is 0 Å². The monoisotopic (exact) mass is 753 g/mol. The van der Waals surface area contributed by atoms with E-state index in [0.29, 0.717) is 17.5 Å². The largest absolute Gasteiger partial charge is 0.455 e. The molecule has 0 fully saturated rings. The van der Waals surface area contributed by atoms with E-state index in [1.807, 2.05) is 30.3 Å². The van der Waals surface area contributed by atoms with Crippen molar-refractivity contribution in [2.45, 2.75) is 0 Å². The molecule has 2 heterocycles. The van der Waals surface area contributed by atoms with Crippen molar-refractivity contribution in [2.24, 2.45) is 0 Å². The summed E-state index contributed by atoms with van der Waals surface area (Å²) in [6.07, 6.45) is 0. The Bertz CT molecular complexity index is 3280. The lowest BCUT2D eigenvalue weighted by Crippen LogP contribution is -2.00. The van der Waals surface area contributed by atoms with Crippen molar-refractivity contribution < 1.29 is 4.42 Å². The molecule has 2 aromatic heterocycles. The van der Waals surface area contributed by atoms with E-state index in [2.05, 4.69) is 182 Å². The zero-order chi connectivity index (χ0) is 39.1. The van der Waals surface area contributed by atoms with E-state index in [1.165, 1.54) is 16.7 Å². The van der Waals surface area contributed by atoms with E-state index >= 15 is 0 Å². The van der Waals surface area contributed by atoms with Crippen molar-refractivity contribution in [2.75, 3.05) is 0 Å². The van der Waals surface area contributed by atoms with Crippen molar-refractivity contribution in [3.05, 3.63) is 212 Å². The number of furan rings is 1. The van der Waals surface area contributed by atoms with Gasteiger partial charge in [0.2, 0.25) is 0 Å². The van der Waals surface area contributed by atoms with Gasteiger partial charge in [-0.1, -0.05) is 194 Å². The molecule has 11 rings (SSSR count). The Balaban J connectivity index is 1.06. The van der Waals surface area contributed by atoms with Gasteiger partial charge in [0.05, 0.1) is 0 Å². The summed E-state index contributed by atoms with van der Waals surface area (Å²) in [7, 11) is 0. The number of hydrogen-bond donors (Lipinski definition) is 0. The average Bonchev–Trinajstić information content (AvgIpc) is 3.71. The Kier molecular flexibility index (Phi) is 8.45. The Labute approximate surface area is 341 Å². The highest BCUT2D eigenvalue weighted by atomic mass is 16.3. The third-order valence-corrected chi connectivity index (χ3v) is 11.2. The maximum absolute atomic E-state index is 6.72. The molecule has 276 valence electrons. The number of para-hydroxylation sites is 1. The van der Waals surface area contributed by atoms with Crippen LogP contribution in [0.15, 0.2) is 217 Å². The van der Waals surface area contributed by atoms with Gasteiger partial charge < -0.3 is 4.42 Å². The lowest BCUT2D eigenvalue weighted by Gasteiger charge is -2.11. The third kappa shape index (κ3) is 6.43. The fourth-order valence-electron chi connectivity index (χ4n) is 8.13. The highest BCUT2D eigenvalue weighted by molar-refractivity contribution is 6.15. The first-order chi connectivity index (χ1) is 29.2. The van der Waals surface area contributed by atoms with E-state index in [1.54, 1.807) is 0 Å². The smallest absolute Gasteiger partial charge is 0.164 e. The minimum atomic E-state index is 0.584. The van der Waals surface area contributed by atoms with Crippen LogP contribution in [-0.4, -0.2) is 15.0 Å². The number of aromatic nitrogens is 3. The molecule has 0 saturated carbocycles. The van der Waals surface area contributed by atoms with Gasteiger partial charge in [-0.15, -0.1) is 0 Å². The Morgan fingerprint density at radius 2 is 0.746 bits per heavy atom. The van der Waals surface area contributed by atoms with E-state index in [-0.39, 0.29) is 0 Å². The molecule has 0 aliphatic rings. The fraction of sp³-hybridized carbons (Fsp3) is 0. The summed E-state index contributed by atoms with van der Waals surface area (Å²) in [4.78, 5) is 15.6. The molecule has 0 bridgehead atoms. The van der Waals surface area contributed by atoms with Crippen LogP contribution in [0.1, 0.15) is 0 Å². The first-order valence-corrected chi connectivity index (χ1v) is 19.8. The minimum Gasteiger partial charge on any atom is -0.455 e. The SMILES string of the molecule is c1ccc(-c2ccc(-c3nc(-c4ccc5ccc(-c6ccccc6)cc5c4)nc(-c4cccc5oc6c(-c7ccc(-c8ccccc8)cc7)cccc6c45)n3)cc2)cc1. The number of hydrogen-bond acceptors (Lipinski definition) is 4. The molecule has 4 heteroatoms. The molecular weight excluding hydrogens is 719 g/mol. The summed E-state index contributed by atoms with van der Waals surface area (Å²) < 4.78 is 6.72. The minimum absolute atomic E-state index is 0.584. The first kappa shape index (κ1) is 34.3. The van der Waals surface area contributed by atoms with Crippen LogP contribution in [-0.2, 0) is 0 Å². The Morgan fingerprint density at radius 1 is 0.288 bits per heavy atom. The summed E-state index contributed by atoms with van der Waals surface area (Å²) in [5.74, 6) is 1.79. The van der Waals surface area contributed by atoms with Gasteiger partial charge in [0, 0.05) is 33.0 Å². The lowest BCUT2D eigenvalue weighted by molar-refractivity contribution is 0.670. The van der Waals surface area contributed by atoms with Gasteiger partial charge in [0.25, 0.3) is 0 Å². The molecule has 0 spiro atoms. The van der Waals surface area contributed by atoms with Crippen molar-refractivity contribution in [3.8, 4) is 78.7 Å². The maximum atomic E-state index is 6.72. The number of rotatable bonds is 7. The van der Waals surface area contributed by atoms with E-state index < -0.39 is 0 Å². The quantitative estimate of drug-likeness (QED) is 0.163. The number of fused-ring (bicyclic) bond motifs is 4. The number of nitrogens with zero attached hydrogens (tertiary/aromatic N) is 3. The molecule has 4 nitrogen and oxygen atoms in total. The zero-order valence-corrected chi connectivity index (χ0v) is 32.0. The maximum Gasteiger partial charge on any atom is 0.164 e. The van der Waals surface area contributed by atoms with Crippen molar-refractivity contribution in [1.29, 1.82) is 0 Å². The predicted molar refractivity (Wildman–Crippen MR) is 243 cm³/mol. The second-order valence-corrected chi connectivity index (χ2v) is 14.8. The van der Waals surface area contributed by atoms with Gasteiger partial charge in [0.15, 0.2) is 17.5 Å². The summed E-state index contributed by atoms with van der Waals surface area (Å²) in [6, 6.07) is 74.0. The van der Waals surface area contributed by atoms with Crippen LogP contribution in [0.5, 0.6) is 0 Å². The molecule has 0 radical (unpaired) electrons. The summed E-state index contributed by atoms with van der Waals surface area (Å²) >= 11 is 0. The van der Waals surface area contributed by atoms with Crippen LogP contribution in [0.25, 0.3) is 111 Å². The molecule has 9 aromatic carbocycles. The zero-order valence-electron chi connectivity index (χ0n) is 32.0. The normalized spacial score (nSPS) is 11.4. The fourth-order valence-corrected chi connectivity index (χ4v) is 8.13. The van der Waals surface area contributed by atoms with Crippen molar-refractivity contribution >= 4 is 32.7 Å². The topological polar surface area (TPSA) is 51.8 Å². The van der Waals surface area contributed by atoms with Crippen LogP contribution in [0.4, 0.5) is 0 Å². The standard InChI is InChI=1S/C55H35N3O/c1-4-12-36(13-5-1)39-22-28-42(29-23-39)47-18-10-19-48-51-49(20-11-21-50(51)59-52(47)48)55-57-53(43-30-24-40(25-31-43)37-14-6-2-7-15-37)56-54(58-55)45-33-27-41-26-32-44(34-46(41)35-45)38-16-8-3-9-17-38/h1-35H. The molecular formula is C55H35N3O. The third-order valence-electron chi connectivity index (χ3n) is 11.2. The molecule has 0 amide bonds. The molecule has 0 aliphatic heterocycles. The van der Waals surface area contributed by atoms with Gasteiger partial charge in [-0.2, -0.15) is 0 Å². The van der Waals surface area contributed by atoms with Crippen LogP contribution >= 0.6 is 0 Å². The van der Waals surface area contributed by atoms with Gasteiger partial charge in [-0.3, -0.25) is 0 Å². The first-order valence-electron chi connectivity index (χ1n) is 19.8. The van der Waals surface area contributed by atoms with Crippen LogP contribution in [0, 0.1) is 0 Å². The summed E-state index contributed by atoms with van der Waals surface area (Å²) in [5.41, 5.74) is 13.4. The average molecular weight is 754 g/mol. The van der Waals surface area contributed by atoms with Crippen LogP contribution in [0.2, 0.25) is 0 Å². The molecule has 0 unspecified atom stereocenters. The van der Waals surface area contributed by atoms with E-state index in [4.69, 9.17) is 19.4 Å². The molecule has 0 aliphatic carbocycles. The predicted octanol–water partition coefficient (Wildman–Crippen LogP) is 14.6. The van der Waals surface area contributed by atoms with E-state index in [0.717, 1.165) is 77.2 Å². The number of benzene rings is 9. The summed E-state index contributed by atoms with van der Waals surface area (Å²) in [6.45, 7) is 0. The lowest BCUT2D eigenvalue weighted by atomic mass is 9.98. The molecule has 0 N–H and O–H groups in total. The van der Waals surface area contributed by atoms with Gasteiger partial charge in [-0.25, -0.2) is 15.0 Å². The highest BCUT2D eigenvalue weighted by Gasteiger charge is 2.20. The Hall–Kier alpha value is -7.95. The van der Waals surface area contributed by atoms with Gasteiger partial charge in [-0.05, 0) is 67.9 Å². The van der Waals surface area contributed by atoms with Gasteiger partial charge in [0.1, 0.15) is 11.2 Å². The van der Waals surface area contributed by atoms with Crippen molar-refractivity contribution in [1.82, 2.24) is 15.0 Å². The van der Waals surface area contributed by atoms with Gasteiger partial charge >= 0.3 is 0 Å². The second kappa shape index (κ2) is 14.5. The molecule has 0 saturated heterocycles. The van der Waals surface area contributed by atoms with Crippen LogP contribution in [0.3, 0.4) is 0 Å². The molecule has 0 atom stereocenters. The molecule has 59 heavy (non-hydrogen) atoms.